The van der Waals surface area contributed by atoms with E-state index in [1.807, 2.05) is 97.8 Å². The Morgan fingerprint density at radius 2 is 1.57 bits per heavy atom. The van der Waals surface area contributed by atoms with Gasteiger partial charge in [0, 0.05) is 42.3 Å². The number of carbonyl (C=O) groups excluding carboxylic acids is 1. The molecule has 6 nitrogen and oxygen atoms in total. The number of rotatable bonds is 5. The van der Waals surface area contributed by atoms with Crippen molar-refractivity contribution in [3.05, 3.63) is 95.1 Å². The van der Waals surface area contributed by atoms with Gasteiger partial charge in [-0.1, -0.05) is 18.2 Å². The van der Waals surface area contributed by atoms with Crippen molar-refractivity contribution in [1.82, 2.24) is 24.5 Å². The van der Waals surface area contributed by atoms with Crippen LogP contribution in [0.25, 0.3) is 11.4 Å². The Kier molecular flexibility index (Phi) is 5.23. The molecule has 2 aromatic heterocycles. The topological polar surface area (TPSA) is 56.0 Å². The summed E-state index contributed by atoms with van der Waals surface area (Å²) in [5.74, 6) is -0.0231. The molecular weight excluding hydrogens is 374 g/mol. The summed E-state index contributed by atoms with van der Waals surface area (Å²) in [5.41, 5.74) is 6.70. The lowest BCUT2D eigenvalue weighted by atomic mass is 10.1. The average Bonchev–Trinajstić information content (AvgIpc) is 3.32. The summed E-state index contributed by atoms with van der Waals surface area (Å²) in [6.07, 6.45) is 1.77. The van der Waals surface area contributed by atoms with Crippen LogP contribution in [-0.2, 0) is 6.54 Å². The molecule has 2 heterocycles. The van der Waals surface area contributed by atoms with E-state index < -0.39 is 0 Å². The molecule has 0 fully saturated rings. The van der Waals surface area contributed by atoms with E-state index in [0.29, 0.717) is 12.1 Å². The van der Waals surface area contributed by atoms with Gasteiger partial charge in [-0.15, -0.1) is 0 Å². The van der Waals surface area contributed by atoms with Gasteiger partial charge in [-0.3, -0.25) is 4.79 Å². The van der Waals surface area contributed by atoms with Crippen molar-refractivity contribution in [2.45, 2.75) is 27.3 Å². The second kappa shape index (κ2) is 7.99. The van der Waals surface area contributed by atoms with Gasteiger partial charge >= 0.3 is 0 Å². The minimum absolute atomic E-state index is 0.0231. The molecular formula is C24H25N5O. The van der Waals surface area contributed by atoms with Crippen molar-refractivity contribution in [2.24, 2.45) is 0 Å². The van der Waals surface area contributed by atoms with Crippen LogP contribution in [0.3, 0.4) is 0 Å². The summed E-state index contributed by atoms with van der Waals surface area (Å²) in [4.78, 5) is 14.7. The van der Waals surface area contributed by atoms with Gasteiger partial charge in [-0.05, 0) is 63.2 Å². The molecule has 4 rings (SSSR count). The maximum absolute atomic E-state index is 13.0. The summed E-state index contributed by atoms with van der Waals surface area (Å²) in [5, 5.41) is 8.99. The molecule has 0 unspecified atom stereocenters. The lowest BCUT2D eigenvalue weighted by molar-refractivity contribution is 0.0785. The molecule has 0 saturated carbocycles. The van der Waals surface area contributed by atoms with Gasteiger partial charge in [0.15, 0.2) is 0 Å². The summed E-state index contributed by atoms with van der Waals surface area (Å²) >= 11 is 0. The smallest absolute Gasteiger partial charge is 0.253 e. The van der Waals surface area contributed by atoms with Crippen LogP contribution in [0.15, 0.2) is 66.9 Å². The van der Waals surface area contributed by atoms with Crippen LogP contribution in [0.2, 0.25) is 0 Å². The van der Waals surface area contributed by atoms with Crippen LogP contribution >= 0.6 is 0 Å². The number of carbonyl (C=O) groups is 1. The standard InChI is InChI=1S/C24H25N5O/c1-17-14-15-25-28(17)22-12-10-20(11-13-22)24(30)27(4)16-23-18(2)26-29(19(23)3)21-8-6-5-7-9-21/h5-15H,16H2,1-4H3. The zero-order valence-electron chi connectivity index (χ0n) is 17.7. The van der Waals surface area contributed by atoms with Crippen LogP contribution in [0.5, 0.6) is 0 Å². The van der Waals surface area contributed by atoms with Gasteiger partial charge in [0.25, 0.3) is 5.91 Å². The highest BCUT2D eigenvalue weighted by Gasteiger charge is 2.18. The molecule has 1 amide bonds. The van der Waals surface area contributed by atoms with Crippen molar-refractivity contribution in [2.75, 3.05) is 7.05 Å². The summed E-state index contributed by atoms with van der Waals surface area (Å²) in [7, 11) is 1.83. The van der Waals surface area contributed by atoms with Crippen molar-refractivity contribution in [3.8, 4) is 11.4 Å². The normalized spacial score (nSPS) is 10.9. The van der Waals surface area contributed by atoms with E-state index in [4.69, 9.17) is 0 Å². The van der Waals surface area contributed by atoms with Gasteiger partial charge in [-0.25, -0.2) is 9.36 Å². The second-order valence-electron chi connectivity index (χ2n) is 7.49. The molecule has 0 atom stereocenters. The predicted octanol–water partition coefficient (Wildman–Crippen LogP) is 4.26. The Bertz CT molecular complexity index is 1170. The van der Waals surface area contributed by atoms with Crippen LogP contribution in [0.4, 0.5) is 0 Å². The maximum Gasteiger partial charge on any atom is 0.253 e. The summed E-state index contributed by atoms with van der Waals surface area (Å²) < 4.78 is 3.78. The van der Waals surface area contributed by atoms with Gasteiger partial charge < -0.3 is 4.90 Å². The predicted molar refractivity (Wildman–Crippen MR) is 117 cm³/mol. The van der Waals surface area contributed by atoms with E-state index in [2.05, 4.69) is 10.2 Å². The van der Waals surface area contributed by atoms with Crippen molar-refractivity contribution >= 4 is 5.91 Å². The number of aryl methyl sites for hydroxylation is 2. The average molecular weight is 399 g/mol. The molecule has 0 radical (unpaired) electrons. The number of amides is 1. The highest BCUT2D eigenvalue weighted by atomic mass is 16.2. The van der Waals surface area contributed by atoms with E-state index >= 15 is 0 Å². The van der Waals surface area contributed by atoms with Crippen LogP contribution < -0.4 is 0 Å². The monoisotopic (exact) mass is 399 g/mol. The molecule has 0 spiro atoms. The number of hydrogen-bond acceptors (Lipinski definition) is 3. The molecule has 0 bridgehead atoms. The lowest BCUT2D eigenvalue weighted by Crippen LogP contribution is -2.26. The van der Waals surface area contributed by atoms with E-state index in [9.17, 15) is 4.79 Å². The molecule has 0 saturated heterocycles. The number of para-hydroxylation sites is 1. The lowest BCUT2D eigenvalue weighted by Gasteiger charge is -2.18. The highest BCUT2D eigenvalue weighted by Crippen LogP contribution is 2.20. The SMILES string of the molecule is Cc1nn(-c2ccccc2)c(C)c1CN(C)C(=O)c1ccc(-n2nccc2C)cc1. The maximum atomic E-state index is 13.0. The zero-order chi connectivity index (χ0) is 21.3. The summed E-state index contributed by atoms with van der Waals surface area (Å²) in [6.45, 7) is 6.53. The van der Waals surface area contributed by atoms with Crippen LogP contribution in [-0.4, -0.2) is 37.4 Å². The molecule has 30 heavy (non-hydrogen) atoms. The van der Waals surface area contributed by atoms with E-state index in [1.54, 1.807) is 11.1 Å². The Labute approximate surface area is 176 Å². The second-order valence-corrected chi connectivity index (χ2v) is 7.49. The molecule has 2 aromatic carbocycles. The quantitative estimate of drug-likeness (QED) is 0.504. The molecule has 0 aliphatic rings. The Morgan fingerprint density at radius 1 is 0.900 bits per heavy atom. The first-order valence-electron chi connectivity index (χ1n) is 9.93. The molecule has 4 aromatic rings. The number of benzene rings is 2. The Balaban J connectivity index is 1.53. The van der Waals surface area contributed by atoms with E-state index in [0.717, 1.165) is 34.0 Å². The fourth-order valence-electron chi connectivity index (χ4n) is 3.64. The molecule has 0 aliphatic carbocycles. The van der Waals surface area contributed by atoms with Crippen molar-refractivity contribution in [3.63, 3.8) is 0 Å². The van der Waals surface area contributed by atoms with Crippen molar-refractivity contribution in [1.29, 1.82) is 0 Å². The highest BCUT2D eigenvalue weighted by molar-refractivity contribution is 5.94. The largest absolute Gasteiger partial charge is 0.337 e. The zero-order valence-corrected chi connectivity index (χ0v) is 17.7. The molecule has 0 aliphatic heterocycles. The van der Waals surface area contributed by atoms with Gasteiger partial charge in [-0.2, -0.15) is 10.2 Å². The number of nitrogens with zero attached hydrogens (tertiary/aromatic N) is 5. The van der Waals surface area contributed by atoms with Crippen molar-refractivity contribution < 1.29 is 4.79 Å². The van der Waals surface area contributed by atoms with E-state index in [-0.39, 0.29) is 5.91 Å². The minimum atomic E-state index is -0.0231. The number of hydrogen-bond donors (Lipinski definition) is 0. The Hall–Kier alpha value is -3.67. The molecule has 6 heteroatoms. The van der Waals surface area contributed by atoms with E-state index in [1.165, 1.54) is 0 Å². The van der Waals surface area contributed by atoms with Gasteiger partial charge in [0.1, 0.15) is 0 Å². The fraction of sp³-hybridized carbons (Fsp3) is 0.208. The first-order valence-corrected chi connectivity index (χ1v) is 9.93. The third kappa shape index (κ3) is 3.64. The Morgan fingerprint density at radius 3 is 2.20 bits per heavy atom. The van der Waals surface area contributed by atoms with Crippen LogP contribution in [0, 0.1) is 20.8 Å². The molecule has 0 N–H and O–H groups in total. The van der Waals surface area contributed by atoms with Gasteiger partial charge in [0.05, 0.1) is 17.1 Å². The first kappa shape index (κ1) is 19.6. The van der Waals surface area contributed by atoms with Crippen LogP contribution in [0.1, 0.15) is 33.0 Å². The summed E-state index contributed by atoms with van der Waals surface area (Å²) in [6, 6.07) is 19.5. The first-order chi connectivity index (χ1) is 14.5. The van der Waals surface area contributed by atoms with Gasteiger partial charge in [0.2, 0.25) is 0 Å². The minimum Gasteiger partial charge on any atom is -0.337 e. The fourth-order valence-corrected chi connectivity index (χ4v) is 3.64. The molecule has 152 valence electrons. The number of aromatic nitrogens is 4. The third-order valence-corrected chi connectivity index (χ3v) is 5.37. The third-order valence-electron chi connectivity index (χ3n) is 5.37.